The number of nitrogens with zero attached hydrogens (tertiary/aromatic N) is 2. The van der Waals surface area contributed by atoms with E-state index < -0.39 is 10.0 Å². The highest BCUT2D eigenvalue weighted by atomic mass is 79.9. The van der Waals surface area contributed by atoms with Crippen LogP contribution in [0.5, 0.6) is 5.75 Å². The number of ether oxygens (including phenoxy) is 1. The predicted octanol–water partition coefficient (Wildman–Crippen LogP) is 5.15. The smallest absolute Gasteiger partial charge is 0.264 e. The number of carbonyl (C=O) groups excluding carboxylic acids is 1. The summed E-state index contributed by atoms with van der Waals surface area (Å²) >= 11 is 4.65. The van der Waals surface area contributed by atoms with Crippen LogP contribution in [0.4, 0.5) is 5.13 Å². The number of anilines is 1. The standard InChI is InChI=1S/C23H24BrN3O4S2/c24-18-7-9-19(10-8-18)31-15-22(28)26-23-25-21(16-32-23)17-5-11-20(12-6-17)33(29,30)27-13-3-1-2-4-14-27/h5-12,16H,1-4,13-15H2,(H,25,26,28). The molecule has 4 rings (SSSR count). The summed E-state index contributed by atoms with van der Waals surface area (Å²) in [5, 5.41) is 5.01. The van der Waals surface area contributed by atoms with E-state index in [-0.39, 0.29) is 12.5 Å². The lowest BCUT2D eigenvalue weighted by Crippen LogP contribution is -2.31. The number of thiazole rings is 1. The lowest BCUT2D eigenvalue weighted by molar-refractivity contribution is -0.118. The zero-order valence-corrected chi connectivity index (χ0v) is 21.1. The van der Waals surface area contributed by atoms with Gasteiger partial charge in [0.05, 0.1) is 10.6 Å². The average molecular weight is 551 g/mol. The maximum absolute atomic E-state index is 12.9. The first kappa shape index (κ1) is 23.9. The van der Waals surface area contributed by atoms with Gasteiger partial charge in [0.15, 0.2) is 11.7 Å². The molecule has 0 spiro atoms. The van der Waals surface area contributed by atoms with Gasteiger partial charge in [-0.2, -0.15) is 4.31 Å². The second-order valence-electron chi connectivity index (χ2n) is 7.67. The largest absolute Gasteiger partial charge is 0.484 e. The van der Waals surface area contributed by atoms with Crippen molar-refractivity contribution < 1.29 is 17.9 Å². The van der Waals surface area contributed by atoms with Crippen molar-refractivity contribution >= 4 is 48.3 Å². The summed E-state index contributed by atoms with van der Waals surface area (Å²) in [5.41, 5.74) is 1.45. The third kappa shape index (κ3) is 6.20. The van der Waals surface area contributed by atoms with E-state index in [1.165, 1.54) is 11.3 Å². The third-order valence-electron chi connectivity index (χ3n) is 5.29. The molecule has 1 aromatic heterocycles. The van der Waals surface area contributed by atoms with Crippen molar-refractivity contribution in [3.8, 4) is 17.0 Å². The Morgan fingerprint density at radius 3 is 2.36 bits per heavy atom. The first-order chi connectivity index (χ1) is 15.9. The predicted molar refractivity (Wildman–Crippen MR) is 133 cm³/mol. The highest BCUT2D eigenvalue weighted by Gasteiger charge is 2.25. The van der Waals surface area contributed by atoms with Crippen molar-refractivity contribution in [1.29, 1.82) is 0 Å². The number of benzene rings is 2. The second kappa shape index (κ2) is 10.8. The van der Waals surface area contributed by atoms with Gasteiger partial charge in [0, 0.05) is 28.5 Å². The zero-order valence-electron chi connectivity index (χ0n) is 17.9. The number of sulfonamides is 1. The molecule has 1 saturated heterocycles. The maximum atomic E-state index is 12.9. The molecule has 1 fully saturated rings. The molecule has 0 unspecified atom stereocenters. The van der Waals surface area contributed by atoms with Gasteiger partial charge in [0.1, 0.15) is 5.75 Å². The molecule has 2 aromatic carbocycles. The van der Waals surface area contributed by atoms with Crippen LogP contribution in [0.2, 0.25) is 0 Å². The molecule has 0 aliphatic carbocycles. The van der Waals surface area contributed by atoms with Crippen LogP contribution in [0.15, 0.2) is 63.3 Å². The minimum Gasteiger partial charge on any atom is -0.484 e. The van der Waals surface area contributed by atoms with Crippen LogP contribution in [0.3, 0.4) is 0 Å². The Labute approximate surface area is 206 Å². The summed E-state index contributed by atoms with van der Waals surface area (Å²) < 4.78 is 33.9. The van der Waals surface area contributed by atoms with Crippen molar-refractivity contribution in [2.24, 2.45) is 0 Å². The summed E-state index contributed by atoms with van der Waals surface area (Å²) in [6.07, 6.45) is 3.95. The molecule has 7 nitrogen and oxygen atoms in total. The van der Waals surface area contributed by atoms with Gasteiger partial charge in [-0.3, -0.25) is 10.1 Å². The van der Waals surface area contributed by atoms with E-state index in [2.05, 4.69) is 26.2 Å². The minimum atomic E-state index is -3.48. The molecule has 1 amide bonds. The van der Waals surface area contributed by atoms with Gasteiger partial charge in [0.2, 0.25) is 10.0 Å². The molecule has 1 N–H and O–H groups in total. The fourth-order valence-corrected chi connectivity index (χ4v) is 6.04. The molecule has 0 radical (unpaired) electrons. The number of hydrogen-bond donors (Lipinski definition) is 1. The van der Waals surface area contributed by atoms with Crippen LogP contribution in [0.1, 0.15) is 25.7 Å². The van der Waals surface area contributed by atoms with E-state index in [1.54, 1.807) is 40.7 Å². The highest BCUT2D eigenvalue weighted by molar-refractivity contribution is 9.10. The molecular weight excluding hydrogens is 526 g/mol. The van der Waals surface area contributed by atoms with E-state index in [4.69, 9.17) is 4.74 Å². The summed E-state index contributed by atoms with van der Waals surface area (Å²) in [6, 6.07) is 14.0. The fraction of sp³-hybridized carbons (Fsp3) is 0.304. The van der Waals surface area contributed by atoms with Gasteiger partial charge in [-0.05, 0) is 49.2 Å². The molecule has 3 aromatic rings. The third-order valence-corrected chi connectivity index (χ3v) is 8.49. The first-order valence-corrected chi connectivity index (χ1v) is 13.8. The molecule has 0 saturated carbocycles. The topological polar surface area (TPSA) is 88.6 Å². The molecule has 1 aliphatic rings. The normalized spacial score (nSPS) is 15.1. The van der Waals surface area contributed by atoms with Crippen molar-refractivity contribution in [3.05, 3.63) is 58.4 Å². The van der Waals surface area contributed by atoms with Crippen LogP contribution in [0, 0.1) is 0 Å². The van der Waals surface area contributed by atoms with E-state index in [1.807, 2.05) is 17.5 Å². The van der Waals surface area contributed by atoms with Crippen LogP contribution < -0.4 is 10.1 Å². The number of nitrogens with one attached hydrogen (secondary N) is 1. The van der Waals surface area contributed by atoms with E-state index in [0.717, 1.165) is 35.7 Å². The summed E-state index contributed by atoms with van der Waals surface area (Å²) in [4.78, 5) is 16.9. The van der Waals surface area contributed by atoms with E-state index >= 15 is 0 Å². The van der Waals surface area contributed by atoms with Crippen LogP contribution in [0.25, 0.3) is 11.3 Å². The van der Waals surface area contributed by atoms with Crippen LogP contribution >= 0.6 is 27.3 Å². The number of amides is 1. The number of halogens is 1. The van der Waals surface area contributed by atoms with Gasteiger partial charge in [0.25, 0.3) is 5.91 Å². The SMILES string of the molecule is O=C(COc1ccc(Br)cc1)Nc1nc(-c2ccc(S(=O)(=O)N3CCCCCC3)cc2)cs1. The number of carbonyl (C=O) groups is 1. The highest BCUT2D eigenvalue weighted by Crippen LogP contribution is 2.27. The first-order valence-electron chi connectivity index (χ1n) is 10.7. The fourth-order valence-electron chi connectivity index (χ4n) is 3.53. The molecule has 174 valence electrons. The summed E-state index contributed by atoms with van der Waals surface area (Å²) in [5.74, 6) is 0.293. The molecule has 0 bridgehead atoms. The molecule has 2 heterocycles. The Morgan fingerprint density at radius 1 is 1.03 bits per heavy atom. The molecule has 10 heteroatoms. The lowest BCUT2D eigenvalue weighted by atomic mass is 10.2. The molecule has 0 atom stereocenters. The lowest BCUT2D eigenvalue weighted by Gasteiger charge is -2.19. The Hall–Kier alpha value is -2.27. The van der Waals surface area contributed by atoms with Crippen LogP contribution in [-0.2, 0) is 14.8 Å². The molecule has 33 heavy (non-hydrogen) atoms. The van der Waals surface area contributed by atoms with Gasteiger partial charge < -0.3 is 4.74 Å². The Morgan fingerprint density at radius 2 is 1.70 bits per heavy atom. The number of rotatable bonds is 7. The van der Waals surface area contributed by atoms with Crippen LogP contribution in [-0.4, -0.2) is 43.3 Å². The summed E-state index contributed by atoms with van der Waals surface area (Å²) in [7, 11) is -3.48. The zero-order chi connectivity index (χ0) is 23.3. The Balaban J connectivity index is 1.36. The van der Waals surface area contributed by atoms with Crippen molar-refractivity contribution in [3.63, 3.8) is 0 Å². The molecule has 1 aliphatic heterocycles. The van der Waals surface area contributed by atoms with E-state index in [0.29, 0.717) is 34.6 Å². The van der Waals surface area contributed by atoms with Gasteiger partial charge in [-0.15, -0.1) is 11.3 Å². The van der Waals surface area contributed by atoms with Crippen molar-refractivity contribution in [2.75, 3.05) is 25.0 Å². The van der Waals surface area contributed by atoms with Gasteiger partial charge >= 0.3 is 0 Å². The van der Waals surface area contributed by atoms with Gasteiger partial charge in [-0.25, -0.2) is 13.4 Å². The van der Waals surface area contributed by atoms with E-state index in [9.17, 15) is 13.2 Å². The maximum Gasteiger partial charge on any atom is 0.264 e. The monoisotopic (exact) mass is 549 g/mol. The van der Waals surface area contributed by atoms with Crippen molar-refractivity contribution in [1.82, 2.24) is 9.29 Å². The number of hydrogen-bond acceptors (Lipinski definition) is 6. The Kier molecular flexibility index (Phi) is 7.79. The Bertz CT molecular complexity index is 1190. The number of aromatic nitrogens is 1. The average Bonchev–Trinajstić information content (AvgIpc) is 3.09. The quantitative estimate of drug-likeness (QED) is 0.440. The summed E-state index contributed by atoms with van der Waals surface area (Å²) in [6.45, 7) is 1.02. The molecular formula is C23H24BrN3O4S2. The minimum absolute atomic E-state index is 0.125. The second-order valence-corrected chi connectivity index (χ2v) is 11.4. The van der Waals surface area contributed by atoms with Crippen molar-refractivity contribution in [2.45, 2.75) is 30.6 Å². The van der Waals surface area contributed by atoms with Gasteiger partial charge in [-0.1, -0.05) is 40.9 Å².